The Balaban J connectivity index is 1.76. The van der Waals surface area contributed by atoms with Gasteiger partial charge in [-0.1, -0.05) is 18.2 Å². The maximum absolute atomic E-state index is 4.59. The lowest BCUT2D eigenvalue weighted by Gasteiger charge is -2.16. The molecule has 0 atom stereocenters. The molecule has 0 saturated carbocycles. The van der Waals surface area contributed by atoms with E-state index in [1.54, 1.807) is 4.80 Å². The Morgan fingerprint density at radius 1 is 0.750 bits per heavy atom. The number of nitrogens with zero attached hydrogens (tertiary/aromatic N) is 4. The number of fused-ring (bicyclic) bond motifs is 1. The van der Waals surface area contributed by atoms with Gasteiger partial charge in [0.15, 0.2) is 0 Å². The van der Waals surface area contributed by atoms with E-state index in [4.69, 9.17) is 0 Å². The van der Waals surface area contributed by atoms with Crippen molar-refractivity contribution in [2.24, 2.45) is 0 Å². The molecule has 4 nitrogen and oxygen atoms in total. The van der Waals surface area contributed by atoms with Gasteiger partial charge in [-0.2, -0.15) is 4.80 Å². The molecule has 0 bridgehead atoms. The monoisotopic (exact) mass is 264 g/mol. The SMILES string of the molecule is c1ccc(-n2nc3ccc(N4CCCC4)cc3n2)cc1. The minimum atomic E-state index is 0.941. The molecule has 1 aliphatic rings. The summed E-state index contributed by atoms with van der Waals surface area (Å²) in [7, 11) is 0. The van der Waals surface area contributed by atoms with E-state index in [9.17, 15) is 0 Å². The molecule has 20 heavy (non-hydrogen) atoms. The molecule has 1 saturated heterocycles. The minimum Gasteiger partial charge on any atom is -0.371 e. The molecule has 0 N–H and O–H groups in total. The van der Waals surface area contributed by atoms with Crippen molar-refractivity contribution in [2.45, 2.75) is 12.8 Å². The highest BCUT2D eigenvalue weighted by molar-refractivity contribution is 5.78. The van der Waals surface area contributed by atoms with Crippen LogP contribution in [-0.2, 0) is 0 Å². The van der Waals surface area contributed by atoms with Crippen molar-refractivity contribution >= 4 is 16.7 Å². The quantitative estimate of drug-likeness (QED) is 0.713. The molecule has 4 heteroatoms. The third-order valence-corrected chi connectivity index (χ3v) is 3.82. The first-order valence-corrected chi connectivity index (χ1v) is 7.08. The number of hydrogen-bond donors (Lipinski definition) is 0. The standard InChI is InChI=1S/C16H16N4/c1-2-6-13(7-3-1)20-17-15-9-8-14(12-16(15)18-20)19-10-4-5-11-19/h1-3,6-9,12H,4-5,10-11H2. The summed E-state index contributed by atoms with van der Waals surface area (Å²) in [5.41, 5.74) is 4.15. The van der Waals surface area contributed by atoms with Crippen molar-refractivity contribution in [3.8, 4) is 5.69 Å². The molecule has 0 amide bonds. The van der Waals surface area contributed by atoms with Gasteiger partial charge in [-0.3, -0.25) is 0 Å². The van der Waals surface area contributed by atoms with E-state index < -0.39 is 0 Å². The van der Waals surface area contributed by atoms with Crippen LogP contribution in [0, 0.1) is 0 Å². The van der Waals surface area contributed by atoms with Crippen molar-refractivity contribution < 1.29 is 0 Å². The zero-order chi connectivity index (χ0) is 13.4. The summed E-state index contributed by atoms with van der Waals surface area (Å²) < 4.78 is 0. The molecule has 0 unspecified atom stereocenters. The van der Waals surface area contributed by atoms with Crippen molar-refractivity contribution in [3.05, 3.63) is 48.5 Å². The molecule has 1 aliphatic heterocycles. The Morgan fingerprint density at radius 2 is 1.50 bits per heavy atom. The zero-order valence-corrected chi connectivity index (χ0v) is 11.2. The summed E-state index contributed by atoms with van der Waals surface area (Å²) in [4.78, 5) is 4.12. The second kappa shape index (κ2) is 4.63. The predicted octanol–water partition coefficient (Wildman–Crippen LogP) is 3.02. The van der Waals surface area contributed by atoms with E-state index in [0.717, 1.165) is 29.8 Å². The predicted molar refractivity (Wildman–Crippen MR) is 80.3 cm³/mol. The fourth-order valence-corrected chi connectivity index (χ4v) is 2.75. The van der Waals surface area contributed by atoms with Gasteiger partial charge in [0.2, 0.25) is 0 Å². The molecule has 4 rings (SSSR count). The van der Waals surface area contributed by atoms with Crippen LogP contribution in [0.5, 0.6) is 0 Å². The lowest BCUT2D eigenvalue weighted by molar-refractivity contribution is 0.766. The number of rotatable bonds is 2. The van der Waals surface area contributed by atoms with E-state index in [1.807, 2.05) is 30.3 Å². The van der Waals surface area contributed by atoms with Crippen molar-refractivity contribution in [2.75, 3.05) is 18.0 Å². The Hall–Kier alpha value is -2.36. The lowest BCUT2D eigenvalue weighted by Crippen LogP contribution is -2.17. The van der Waals surface area contributed by atoms with Crippen LogP contribution in [0.4, 0.5) is 5.69 Å². The molecule has 1 fully saturated rings. The van der Waals surface area contributed by atoms with Gasteiger partial charge < -0.3 is 4.90 Å². The van der Waals surface area contributed by atoms with Gasteiger partial charge in [0.05, 0.1) is 5.69 Å². The second-order valence-corrected chi connectivity index (χ2v) is 5.19. The van der Waals surface area contributed by atoms with E-state index in [2.05, 4.69) is 33.3 Å². The highest BCUT2D eigenvalue weighted by Gasteiger charge is 2.13. The number of aromatic nitrogens is 3. The molecule has 0 aliphatic carbocycles. The van der Waals surface area contributed by atoms with E-state index in [1.165, 1.54) is 18.5 Å². The summed E-state index contributed by atoms with van der Waals surface area (Å²) in [5.74, 6) is 0. The average molecular weight is 264 g/mol. The minimum absolute atomic E-state index is 0.941. The molecule has 1 aromatic heterocycles. The van der Waals surface area contributed by atoms with Crippen LogP contribution in [0.25, 0.3) is 16.7 Å². The molecule has 100 valence electrons. The van der Waals surface area contributed by atoms with Gasteiger partial charge in [-0.05, 0) is 43.2 Å². The summed E-state index contributed by atoms with van der Waals surface area (Å²) in [6.45, 7) is 2.30. The van der Waals surface area contributed by atoms with Crippen molar-refractivity contribution in [1.82, 2.24) is 15.0 Å². The lowest BCUT2D eigenvalue weighted by atomic mass is 10.2. The fourth-order valence-electron chi connectivity index (χ4n) is 2.75. The fraction of sp³-hybridized carbons (Fsp3) is 0.250. The van der Waals surface area contributed by atoms with Gasteiger partial charge in [-0.25, -0.2) is 0 Å². The van der Waals surface area contributed by atoms with Crippen LogP contribution in [-0.4, -0.2) is 28.1 Å². The molecule has 3 aromatic rings. The maximum atomic E-state index is 4.59. The molecule has 0 spiro atoms. The number of para-hydroxylation sites is 1. The number of benzene rings is 2. The van der Waals surface area contributed by atoms with E-state index in [-0.39, 0.29) is 0 Å². The zero-order valence-electron chi connectivity index (χ0n) is 11.2. The number of hydrogen-bond acceptors (Lipinski definition) is 3. The van der Waals surface area contributed by atoms with Crippen molar-refractivity contribution in [3.63, 3.8) is 0 Å². The van der Waals surface area contributed by atoms with Gasteiger partial charge in [0, 0.05) is 18.8 Å². The van der Waals surface area contributed by atoms with Gasteiger partial charge >= 0.3 is 0 Å². The van der Waals surface area contributed by atoms with Gasteiger partial charge in [0.25, 0.3) is 0 Å². The Labute approximate surface area is 117 Å². The smallest absolute Gasteiger partial charge is 0.115 e. The van der Waals surface area contributed by atoms with Crippen LogP contribution in [0.1, 0.15) is 12.8 Å². The molecular weight excluding hydrogens is 248 g/mol. The molecule has 0 radical (unpaired) electrons. The van der Waals surface area contributed by atoms with Crippen LogP contribution in [0.2, 0.25) is 0 Å². The first-order valence-electron chi connectivity index (χ1n) is 7.08. The third kappa shape index (κ3) is 1.93. The summed E-state index contributed by atoms with van der Waals surface area (Å²) in [6, 6.07) is 16.4. The highest BCUT2D eigenvalue weighted by Crippen LogP contribution is 2.23. The van der Waals surface area contributed by atoms with E-state index >= 15 is 0 Å². The maximum Gasteiger partial charge on any atom is 0.115 e. The largest absolute Gasteiger partial charge is 0.371 e. The van der Waals surface area contributed by atoms with Crippen molar-refractivity contribution in [1.29, 1.82) is 0 Å². The Bertz CT molecular complexity index is 727. The molecular formula is C16H16N4. The summed E-state index contributed by atoms with van der Waals surface area (Å²) in [5, 5.41) is 9.13. The topological polar surface area (TPSA) is 34.0 Å². The average Bonchev–Trinajstić information content (AvgIpc) is 3.16. The molecule has 2 aromatic carbocycles. The Kier molecular flexibility index (Phi) is 2.66. The Morgan fingerprint density at radius 3 is 2.30 bits per heavy atom. The molecule has 2 heterocycles. The summed E-state index contributed by atoms with van der Waals surface area (Å²) >= 11 is 0. The number of anilines is 1. The van der Waals surface area contributed by atoms with Crippen LogP contribution in [0.15, 0.2) is 48.5 Å². The normalized spacial score (nSPS) is 15.1. The van der Waals surface area contributed by atoms with Gasteiger partial charge in [0.1, 0.15) is 11.0 Å². The highest BCUT2D eigenvalue weighted by atomic mass is 15.5. The first-order chi connectivity index (χ1) is 9.90. The van der Waals surface area contributed by atoms with Crippen LogP contribution in [0.3, 0.4) is 0 Å². The first kappa shape index (κ1) is 11.5. The van der Waals surface area contributed by atoms with Gasteiger partial charge in [-0.15, -0.1) is 10.2 Å². The second-order valence-electron chi connectivity index (χ2n) is 5.19. The van der Waals surface area contributed by atoms with Crippen LogP contribution >= 0.6 is 0 Å². The summed E-state index contributed by atoms with van der Waals surface area (Å²) in [6.07, 6.45) is 2.57. The van der Waals surface area contributed by atoms with Crippen LogP contribution < -0.4 is 4.90 Å². The van der Waals surface area contributed by atoms with E-state index in [0.29, 0.717) is 0 Å². The third-order valence-electron chi connectivity index (χ3n) is 3.82.